The molecule has 4 nitrogen and oxygen atoms in total. The summed E-state index contributed by atoms with van der Waals surface area (Å²) in [6.07, 6.45) is 0.372. The van der Waals surface area contributed by atoms with Crippen molar-refractivity contribution >= 4 is 5.97 Å². The van der Waals surface area contributed by atoms with Crippen LogP contribution in [0.25, 0.3) is 0 Å². The lowest BCUT2D eigenvalue weighted by atomic mass is 10.1. The van der Waals surface area contributed by atoms with Gasteiger partial charge in [-0.2, -0.15) is 0 Å². The maximum Gasteiger partial charge on any atom is 0.307 e. The Bertz CT molecular complexity index is 375. The van der Waals surface area contributed by atoms with E-state index in [0.717, 1.165) is 11.3 Å². The van der Waals surface area contributed by atoms with E-state index in [9.17, 15) is 4.79 Å². The Morgan fingerprint density at radius 2 is 1.83 bits per heavy atom. The van der Waals surface area contributed by atoms with Crippen LogP contribution in [0.2, 0.25) is 0 Å². The van der Waals surface area contributed by atoms with Crippen molar-refractivity contribution in [2.24, 2.45) is 0 Å². The third kappa shape index (κ3) is 4.37. The van der Waals surface area contributed by atoms with Gasteiger partial charge in [-0.15, -0.1) is 0 Å². The SMILES string of the molecule is COC(=O)CC(C)NC(C)c1ccc(OC)cc1. The van der Waals surface area contributed by atoms with Crippen molar-refractivity contribution in [3.8, 4) is 5.75 Å². The van der Waals surface area contributed by atoms with Gasteiger partial charge in [0.25, 0.3) is 0 Å². The lowest BCUT2D eigenvalue weighted by Gasteiger charge is -2.19. The number of esters is 1. The Balaban J connectivity index is 2.53. The number of carbonyl (C=O) groups excluding carboxylic acids is 1. The highest BCUT2D eigenvalue weighted by Gasteiger charge is 2.13. The first-order chi connectivity index (χ1) is 8.56. The molecule has 0 aliphatic carbocycles. The summed E-state index contributed by atoms with van der Waals surface area (Å²) in [6.45, 7) is 4.03. The minimum absolute atomic E-state index is 0.0783. The van der Waals surface area contributed by atoms with Gasteiger partial charge in [-0.3, -0.25) is 4.79 Å². The van der Waals surface area contributed by atoms with Crippen molar-refractivity contribution in [2.75, 3.05) is 14.2 Å². The lowest BCUT2D eigenvalue weighted by Crippen LogP contribution is -2.31. The summed E-state index contributed by atoms with van der Waals surface area (Å²) in [4.78, 5) is 11.1. The fraction of sp³-hybridized carbons (Fsp3) is 0.500. The zero-order valence-electron chi connectivity index (χ0n) is 11.4. The van der Waals surface area contributed by atoms with E-state index in [1.807, 2.05) is 31.2 Å². The van der Waals surface area contributed by atoms with Crippen molar-refractivity contribution in [1.82, 2.24) is 5.32 Å². The van der Waals surface area contributed by atoms with Crippen LogP contribution < -0.4 is 10.1 Å². The Labute approximate surface area is 108 Å². The summed E-state index contributed by atoms with van der Waals surface area (Å²) in [7, 11) is 3.05. The summed E-state index contributed by atoms with van der Waals surface area (Å²) in [5, 5.41) is 3.36. The van der Waals surface area contributed by atoms with E-state index in [4.69, 9.17) is 4.74 Å². The predicted octanol–water partition coefficient (Wildman–Crippen LogP) is 2.30. The first kappa shape index (κ1) is 14.5. The van der Waals surface area contributed by atoms with Crippen LogP contribution in [-0.4, -0.2) is 26.2 Å². The van der Waals surface area contributed by atoms with Gasteiger partial charge in [-0.1, -0.05) is 12.1 Å². The van der Waals surface area contributed by atoms with E-state index in [2.05, 4.69) is 17.0 Å². The first-order valence-electron chi connectivity index (χ1n) is 6.03. The molecule has 0 aromatic heterocycles. The van der Waals surface area contributed by atoms with Crippen LogP contribution in [0.4, 0.5) is 0 Å². The van der Waals surface area contributed by atoms with Crippen LogP contribution >= 0.6 is 0 Å². The molecule has 0 aliphatic heterocycles. The van der Waals surface area contributed by atoms with Crippen molar-refractivity contribution in [1.29, 1.82) is 0 Å². The van der Waals surface area contributed by atoms with E-state index < -0.39 is 0 Å². The molecule has 0 spiro atoms. The van der Waals surface area contributed by atoms with Crippen molar-refractivity contribution in [3.05, 3.63) is 29.8 Å². The molecule has 0 saturated heterocycles. The second-order valence-corrected chi connectivity index (χ2v) is 4.34. The van der Waals surface area contributed by atoms with Crippen LogP contribution in [0.15, 0.2) is 24.3 Å². The minimum atomic E-state index is -0.197. The van der Waals surface area contributed by atoms with E-state index >= 15 is 0 Å². The Morgan fingerprint density at radius 1 is 1.22 bits per heavy atom. The van der Waals surface area contributed by atoms with E-state index in [0.29, 0.717) is 6.42 Å². The predicted molar refractivity (Wildman–Crippen MR) is 70.6 cm³/mol. The lowest BCUT2D eigenvalue weighted by molar-refractivity contribution is -0.141. The molecular weight excluding hydrogens is 230 g/mol. The Hall–Kier alpha value is -1.55. The largest absolute Gasteiger partial charge is 0.497 e. The monoisotopic (exact) mass is 251 g/mol. The van der Waals surface area contributed by atoms with E-state index in [1.165, 1.54) is 7.11 Å². The number of methoxy groups -OCH3 is 2. The molecule has 1 aromatic rings. The van der Waals surface area contributed by atoms with Gasteiger partial charge in [-0.25, -0.2) is 0 Å². The summed E-state index contributed by atoms with van der Waals surface area (Å²) in [5.41, 5.74) is 1.16. The molecule has 0 saturated carbocycles. The molecule has 0 aliphatic rings. The van der Waals surface area contributed by atoms with Gasteiger partial charge in [0.15, 0.2) is 0 Å². The van der Waals surface area contributed by atoms with Crippen LogP contribution in [0.3, 0.4) is 0 Å². The molecule has 4 heteroatoms. The standard InChI is InChI=1S/C14H21NO3/c1-10(9-14(16)18-4)15-11(2)12-5-7-13(17-3)8-6-12/h5-8,10-11,15H,9H2,1-4H3. The second-order valence-electron chi connectivity index (χ2n) is 4.34. The van der Waals surface area contributed by atoms with E-state index in [1.54, 1.807) is 7.11 Å². The van der Waals surface area contributed by atoms with Gasteiger partial charge in [0.05, 0.1) is 20.6 Å². The van der Waals surface area contributed by atoms with Crippen LogP contribution in [-0.2, 0) is 9.53 Å². The van der Waals surface area contributed by atoms with Crippen LogP contribution in [0.5, 0.6) is 5.75 Å². The number of nitrogens with one attached hydrogen (secondary N) is 1. The highest BCUT2D eigenvalue weighted by Crippen LogP contribution is 2.18. The van der Waals surface area contributed by atoms with Gasteiger partial charge in [0, 0.05) is 12.1 Å². The first-order valence-corrected chi connectivity index (χ1v) is 6.03. The summed E-state index contributed by atoms with van der Waals surface area (Å²) in [6, 6.07) is 8.14. The fourth-order valence-corrected chi connectivity index (χ4v) is 1.81. The maximum atomic E-state index is 11.1. The summed E-state index contributed by atoms with van der Waals surface area (Å²) >= 11 is 0. The van der Waals surface area contributed by atoms with Gasteiger partial charge < -0.3 is 14.8 Å². The van der Waals surface area contributed by atoms with Gasteiger partial charge in [0.1, 0.15) is 5.75 Å². The molecule has 0 bridgehead atoms. The zero-order valence-corrected chi connectivity index (χ0v) is 11.4. The van der Waals surface area contributed by atoms with Gasteiger partial charge >= 0.3 is 5.97 Å². The normalized spacial score (nSPS) is 13.8. The quantitative estimate of drug-likeness (QED) is 0.788. The highest BCUT2D eigenvalue weighted by molar-refractivity contribution is 5.69. The minimum Gasteiger partial charge on any atom is -0.497 e. The number of hydrogen-bond acceptors (Lipinski definition) is 4. The van der Waals surface area contributed by atoms with Gasteiger partial charge in [0.2, 0.25) is 0 Å². The van der Waals surface area contributed by atoms with Crippen molar-refractivity contribution < 1.29 is 14.3 Å². The molecule has 0 heterocycles. The average molecular weight is 251 g/mol. The second kappa shape index (κ2) is 7.01. The van der Waals surface area contributed by atoms with Crippen LogP contribution in [0.1, 0.15) is 31.9 Å². The van der Waals surface area contributed by atoms with E-state index in [-0.39, 0.29) is 18.1 Å². The van der Waals surface area contributed by atoms with Crippen molar-refractivity contribution in [3.63, 3.8) is 0 Å². The number of carbonyl (C=O) groups is 1. The molecule has 2 atom stereocenters. The Morgan fingerprint density at radius 3 is 2.33 bits per heavy atom. The van der Waals surface area contributed by atoms with Crippen molar-refractivity contribution in [2.45, 2.75) is 32.4 Å². The number of rotatable bonds is 6. The fourth-order valence-electron chi connectivity index (χ4n) is 1.81. The topological polar surface area (TPSA) is 47.6 Å². The summed E-state index contributed by atoms with van der Waals surface area (Å²) in [5.74, 6) is 0.644. The number of benzene rings is 1. The Kier molecular flexibility index (Phi) is 5.65. The molecule has 0 amide bonds. The molecule has 100 valence electrons. The maximum absolute atomic E-state index is 11.1. The molecule has 0 radical (unpaired) electrons. The highest BCUT2D eigenvalue weighted by atomic mass is 16.5. The molecule has 2 unspecified atom stereocenters. The average Bonchev–Trinajstić information content (AvgIpc) is 2.38. The summed E-state index contributed by atoms with van der Waals surface area (Å²) < 4.78 is 9.76. The molecule has 0 fully saturated rings. The molecule has 1 N–H and O–H groups in total. The smallest absolute Gasteiger partial charge is 0.307 e. The van der Waals surface area contributed by atoms with Gasteiger partial charge in [-0.05, 0) is 31.5 Å². The molecule has 18 heavy (non-hydrogen) atoms. The third-order valence-corrected chi connectivity index (χ3v) is 2.85. The number of ether oxygens (including phenoxy) is 2. The zero-order chi connectivity index (χ0) is 13.5. The molecule has 1 aromatic carbocycles. The number of hydrogen-bond donors (Lipinski definition) is 1. The molecule has 1 rings (SSSR count). The third-order valence-electron chi connectivity index (χ3n) is 2.85. The van der Waals surface area contributed by atoms with Crippen LogP contribution in [0, 0.1) is 0 Å². The molecular formula is C14H21NO3.